The minimum atomic E-state index is -0.277. The number of benzene rings is 2. The van der Waals surface area contributed by atoms with Crippen LogP contribution in [-0.4, -0.2) is 11.5 Å². The van der Waals surface area contributed by atoms with Crippen molar-refractivity contribution in [2.45, 2.75) is 38.1 Å². The molecule has 0 radical (unpaired) electrons. The summed E-state index contributed by atoms with van der Waals surface area (Å²) in [5.74, 6) is 3.20. The number of hydrogen-bond donors (Lipinski definition) is 1. The van der Waals surface area contributed by atoms with E-state index in [-0.39, 0.29) is 16.7 Å². The summed E-state index contributed by atoms with van der Waals surface area (Å²) in [6.07, 6.45) is 3.79. The van der Waals surface area contributed by atoms with E-state index in [1.807, 2.05) is 31.2 Å². The van der Waals surface area contributed by atoms with Gasteiger partial charge < -0.3 is 10.1 Å². The summed E-state index contributed by atoms with van der Waals surface area (Å²) in [5, 5.41) is 15.0. The molecule has 0 saturated heterocycles. The first-order chi connectivity index (χ1) is 13.2. The van der Waals surface area contributed by atoms with Crippen LogP contribution < -0.4 is 10.1 Å². The Morgan fingerprint density at radius 2 is 1.93 bits per heavy atom. The monoisotopic (exact) mass is 364 g/mol. The van der Waals surface area contributed by atoms with E-state index in [0.717, 1.165) is 17.0 Å². The standard InChI is InChI=1S/C22H24N2O3/c1-2-27-17-8-5-13(6-9-17)22-21-15-4-3-14(11-15)20(21)18-12-16(24(25)26)7-10-19(18)23-22/h5-10,12,14-15,20-23H,2-4,11H2,1H3/t14-,15+,20+,21+,22+/m0/s1. The maximum absolute atomic E-state index is 11.3. The average molecular weight is 364 g/mol. The highest BCUT2D eigenvalue weighted by atomic mass is 16.6. The number of ether oxygens (including phenoxy) is 1. The van der Waals surface area contributed by atoms with Crippen molar-refractivity contribution in [3.8, 4) is 5.75 Å². The molecule has 0 spiro atoms. The van der Waals surface area contributed by atoms with E-state index >= 15 is 0 Å². The first-order valence-corrected chi connectivity index (χ1v) is 9.93. The van der Waals surface area contributed by atoms with Crippen molar-refractivity contribution in [1.29, 1.82) is 0 Å². The number of fused-ring (bicyclic) bond motifs is 7. The Morgan fingerprint density at radius 3 is 2.67 bits per heavy atom. The maximum atomic E-state index is 11.3. The van der Waals surface area contributed by atoms with Gasteiger partial charge in [-0.25, -0.2) is 0 Å². The van der Waals surface area contributed by atoms with E-state index in [4.69, 9.17) is 4.74 Å². The molecule has 0 aromatic heterocycles. The highest BCUT2D eigenvalue weighted by Crippen LogP contribution is 2.63. The topological polar surface area (TPSA) is 64.4 Å². The molecular formula is C22H24N2O3. The molecule has 5 heteroatoms. The lowest BCUT2D eigenvalue weighted by Gasteiger charge is -2.43. The van der Waals surface area contributed by atoms with Gasteiger partial charge in [0.05, 0.1) is 17.6 Å². The molecule has 27 heavy (non-hydrogen) atoms. The number of nitrogens with one attached hydrogen (secondary N) is 1. The van der Waals surface area contributed by atoms with Gasteiger partial charge in [-0.15, -0.1) is 0 Å². The van der Waals surface area contributed by atoms with Crippen LogP contribution in [0.1, 0.15) is 49.3 Å². The van der Waals surface area contributed by atoms with Crippen molar-refractivity contribution in [1.82, 2.24) is 0 Å². The van der Waals surface area contributed by atoms with E-state index in [0.29, 0.717) is 30.3 Å². The molecule has 2 aliphatic carbocycles. The molecule has 3 aliphatic rings. The third-order valence-electron chi connectivity index (χ3n) is 6.83. The summed E-state index contributed by atoms with van der Waals surface area (Å²) in [7, 11) is 0. The van der Waals surface area contributed by atoms with Gasteiger partial charge in [0.25, 0.3) is 5.69 Å². The van der Waals surface area contributed by atoms with Crippen LogP contribution in [0.25, 0.3) is 0 Å². The molecular weight excluding hydrogens is 340 g/mol. The Bertz CT molecular complexity index is 880. The van der Waals surface area contributed by atoms with Crippen LogP contribution in [-0.2, 0) is 0 Å². The first kappa shape index (κ1) is 16.6. The van der Waals surface area contributed by atoms with Crippen molar-refractivity contribution in [3.05, 3.63) is 63.7 Å². The molecule has 2 aromatic rings. The number of non-ortho nitro benzene ring substituents is 1. The zero-order chi connectivity index (χ0) is 18.5. The van der Waals surface area contributed by atoms with Crippen LogP contribution >= 0.6 is 0 Å². The van der Waals surface area contributed by atoms with Crippen LogP contribution in [0.2, 0.25) is 0 Å². The second-order valence-corrected chi connectivity index (χ2v) is 8.09. The average Bonchev–Trinajstić information content (AvgIpc) is 3.30. The summed E-state index contributed by atoms with van der Waals surface area (Å²) in [6.45, 7) is 2.66. The van der Waals surface area contributed by atoms with Gasteiger partial charge in [0, 0.05) is 17.8 Å². The van der Waals surface area contributed by atoms with Crippen molar-refractivity contribution in [3.63, 3.8) is 0 Å². The Kier molecular flexibility index (Phi) is 3.85. The number of hydrogen-bond acceptors (Lipinski definition) is 4. The Morgan fingerprint density at radius 1 is 1.15 bits per heavy atom. The lowest BCUT2D eigenvalue weighted by atomic mass is 9.68. The fourth-order valence-electron chi connectivity index (χ4n) is 5.86. The molecule has 2 fully saturated rings. The van der Waals surface area contributed by atoms with E-state index < -0.39 is 0 Å². The molecule has 2 saturated carbocycles. The molecule has 1 heterocycles. The zero-order valence-electron chi connectivity index (χ0n) is 15.4. The smallest absolute Gasteiger partial charge is 0.269 e. The summed E-state index contributed by atoms with van der Waals surface area (Å²) in [6, 6.07) is 14.0. The predicted octanol–water partition coefficient (Wildman–Crippen LogP) is 5.29. The SMILES string of the molecule is CCOc1ccc([C@H]2Nc3ccc([N+](=O)[O-])cc3[C@H]3[C@H]4CC[C@H](C4)[C@H]32)cc1. The van der Waals surface area contributed by atoms with Crippen LogP contribution in [0.5, 0.6) is 5.75 Å². The summed E-state index contributed by atoms with van der Waals surface area (Å²) >= 11 is 0. The first-order valence-electron chi connectivity index (χ1n) is 9.93. The van der Waals surface area contributed by atoms with Crippen molar-refractivity contribution in [2.24, 2.45) is 17.8 Å². The van der Waals surface area contributed by atoms with Gasteiger partial charge in [-0.3, -0.25) is 10.1 Å². The summed E-state index contributed by atoms with van der Waals surface area (Å²) in [5.41, 5.74) is 3.71. The van der Waals surface area contributed by atoms with E-state index in [2.05, 4.69) is 17.4 Å². The Labute approximate surface area is 158 Å². The maximum Gasteiger partial charge on any atom is 0.269 e. The number of rotatable bonds is 4. The third kappa shape index (κ3) is 2.59. The normalized spacial score (nSPS) is 30.3. The van der Waals surface area contributed by atoms with E-state index in [1.165, 1.54) is 24.8 Å². The Hall–Kier alpha value is -2.56. The highest BCUT2D eigenvalue weighted by Gasteiger charge is 2.54. The minimum Gasteiger partial charge on any atom is -0.494 e. The molecule has 0 amide bonds. The van der Waals surface area contributed by atoms with Crippen LogP contribution in [0.4, 0.5) is 11.4 Å². The fraction of sp³-hybridized carbons (Fsp3) is 0.455. The van der Waals surface area contributed by atoms with Crippen molar-refractivity contribution in [2.75, 3.05) is 11.9 Å². The molecule has 5 atom stereocenters. The van der Waals surface area contributed by atoms with Gasteiger partial charge in [-0.2, -0.15) is 0 Å². The quantitative estimate of drug-likeness (QED) is 0.591. The molecule has 0 unspecified atom stereocenters. The molecule has 5 rings (SSSR count). The van der Waals surface area contributed by atoms with Gasteiger partial charge in [0.2, 0.25) is 0 Å². The number of nitrogens with zero attached hydrogens (tertiary/aromatic N) is 1. The number of anilines is 1. The molecule has 2 aromatic carbocycles. The molecule has 5 nitrogen and oxygen atoms in total. The second kappa shape index (κ2) is 6.25. The van der Waals surface area contributed by atoms with Crippen LogP contribution in [0.3, 0.4) is 0 Å². The summed E-state index contributed by atoms with van der Waals surface area (Å²) in [4.78, 5) is 11.0. The number of nitro benzene ring substituents is 1. The van der Waals surface area contributed by atoms with Gasteiger partial charge in [0.1, 0.15) is 5.75 Å². The molecule has 1 N–H and O–H groups in total. The third-order valence-corrected chi connectivity index (χ3v) is 6.83. The van der Waals surface area contributed by atoms with E-state index in [9.17, 15) is 10.1 Å². The largest absolute Gasteiger partial charge is 0.494 e. The molecule has 2 bridgehead atoms. The minimum absolute atomic E-state index is 0.205. The van der Waals surface area contributed by atoms with Crippen molar-refractivity contribution >= 4 is 11.4 Å². The lowest BCUT2D eigenvalue weighted by molar-refractivity contribution is -0.384. The zero-order valence-corrected chi connectivity index (χ0v) is 15.4. The highest BCUT2D eigenvalue weighted by molar-refractivity contribution is 5.62. The van der Waals surface area contributed by atoms with Crippen LogP contribution in [0.15, 0.2) is 42.5 Å². The van der Waals surface area contributed by atoms with Crippen LogP contribution in [0, 0.1) is 27.9 Å². The van der Waals surface area contributed by atoms with E-state index in [1.54, 1.807) is 6.07 Å². The lowest BCUT2D eigenvalue weighted by Crippen LogP contribution is -2.35. The fourth-order valence-corrected chi connectivity index (χ4v) is 5.86. The van der Waals surface area contributed by atoms with Gasteiger partial charge in [0.15, 0.2) is 0 Å². The van der Waals surface area contributed by atoms with Gasteiger partial charge >= 0.3 is 0 Å². The van der Waals surface area contributed by atoms with Gasteiger partial charge in [-0.1, -0.05) is 12.1 Å². The predicted molar refractivity (Wildman–Crippen MR) is 104 cm³/mol. The van der Waals surface area contributed by atoms with Gasteiger partial charge in [-0.05, 0) is 79.2 Å². The summed E-state index contributed by atoms with van der Waals surface area (Å²) < 4.78 is 5.59. The second-order valence-electron chi connectivity index (χ2n) is 8.09. The molecule has 1 aliphatic heterocycles. The molecule has 140 valence electrons. The number of nitro groups is 1. The Balaban J connectivity index is 1.55. The van der Waals surface area contributed by atoms with Crippen molar-refractivity contribution < 1.29 is 9.66 Å².